The van der Waals surface area contributed by atoms with E-state index in [1.165, 1.54) is 25.3 Å². The number of nitrogens with zero attached hydrogens (tertiary/aromatic N) is 1. The maximum absolute atomic E-state index is 13.8. The Balaban J connectivity index is 2.58. The largest absolute Gasteiger partial charge is 0.480 e. The van der Waals surface area contributed by atoms with Crippen molar-refractivity contribution >= 4 is 28.2 Å². The molecule has 2 aromatic rings. The maximum Gasteiger partial charge on any atom is 0.325 e. The molecule has 94 valence electrons. The lowest BCUT2D eigenvalue weighted by atomic mass is 10.1. The molecule has 1 heterocycles. The van der Waals surface area contributed by atoms with Crippen LogP contribution in [0.25, 0.3) is 10.8 Å². The number of nitrogens with one attached hydrogen (secondary N) is 1. The Hall–Kier alpha value is -2.37. The molecule has 0 amide bonds. The van der Waals surface area contributed by atoms with Crippen molar-refractivity contribution in [2.24, 2.45) is 0 Å². The summed E-state index contributed by atoms with van der Waals surface area (Å²) in [6.45, 7) is 1.45. The van der Waals surface area contributed by atoms with Crippen LogP contribution >= 0.6 is 0 Å². The van der Waals surface area contributed by atoms with Crippen LogP contribution in [0.1, 0.15) is 6.92 Å². The Labute approximate surface area is 102 Å². The Kier molecular flexibility index (Phi) is 3.01. The first kappa shape index (κ1) is 12.1. The number of carboxylic acid groups (broad SMARTS) is 1. The van der Waals surface area contributed by atoms with Crippen molar-refractivity contribution in [2.45, 2.75) is 13.0 Å². The predicted octanol–water partition coefficient (Wildman–Crippen LogP) is 1.84. The first-order chi connectivity index (χ1) is 8.50. The zero-order valence-corrected chi connectivity index (χ0v) is 9.64. The molecular weight excluding hydrogens is 237 g/mol. The fourth-order valence-electron chi connectivity index (χ4n) is 1.66. The number of anilines is 2. The second-order valence-corrected chi connectivity index (χ2v) is 3.92. The minimum Gasteiger partial charge on any atom is -0.480 e. The number of halogens is 1. The summed E-state index contributed by atoms with van der Waals surface area (Å²) in [6, 6.07) is 3.41. The molecule has 0 saturated heterocycles. The Morgan fingerprint density at radius 2 is 2.22 bits per heavy atom. The monoisotopic (exact) mass is 249 g/mol. The van der Waals surface area contributed by atoms with Gasteiger partial charge in [0.15, 0.2) is 0 Å². The van der Waals surface area contributed by atoms with Gasteiger partial charge in [-0.1, -0.05) is 0 Å². The van der Waals surface area contributed by atoms with Crippen LogP contribution in [0.5, 0.6) is 0 Å². The number of benzene rings is 1. The summed E-state index contributed by atoms with van der Waals surface area (Å²) in [5.74, 6) is -1.36. The van der Waals surface area contributed by atoms with Crippen molar-refractivity contribution in [3.63, 3.8) is 0 Å². The number of rotatable bonds is 3. The summed E-state index contributed by atoms with van der Waals surface area (Å²) in [7, 11) is 0. The van der Waals surface area contributed by atoms with Gasteiger partial charge in [-0.15, -0.1) is 0 Å². The molecule has 2 rings (SSSR count). The number of hydrogen-bond donors (Lipinski definition) is 3. The third-order valence-electron chi connectivity index (χ3n) is 2.63. The van der Waals surface area contributed by atoms with Gasteiger partial charge in [-0.25, -0.2) is 9.37 Å². The van der Waals surface area contributed by atoms with E-state index in [1.54, 1.807) is 6.07 Å². The molecule has 5 nitrogen and oxygen atoms in total. The Morgan fingerprint density at radius 3 is 2.89 bits per heavy atom. The van der Waals surface area contributed by atoms with E-state index in [9.17, 15) is 9.18 Å². The number of carbonyl (C=O) groups is 1. The summed E-state index contributed by atoms with van der Waals surface area (Å²) < 4.78 is 13.8. The van der Waals surface area contributed by atoms with Gasteiger partial charge in [0, 0.05) is 17.3 Å². The van der Waals surface area contributed by atoms with E-state index in [1.807, 2.05) is 0 Å². The van der Waals surface area contributed by atoms with Crippen molar-refractivity contribution in [1.82, 2.24) is 4.98 Å². The second-order valence-electron chi connectivity index (χ2n) is 3.92. The standard InChI is InChI=1S/C12H12FN3O2/c1-6(12(17)18)16-11-10-7(4-5-15-11)9(14)3-2-8(10)13/h2-6H,14H2,1H3,(H,15,16)(H,17,18). The van der Waals surface area contributed by atoms with E-state index in [-0.39, 0.29) is 11.2 Å². The molecule has 18 heavy (non-hydrogen) atoms. The number of nitrogen functional groups attached to an aromatic ring is 1. The number of hydrogen-bond acceptors (Lipinski definition) is 4. The minimum absolute atomic E-state index is 0.173. The highest BCUT2D eigenvalue weighted by molar-refractivity contribution is 6.00. The van der Waals surface area contributed by atoms with E-state index >= 15 is 0 Å². The van der Waals surface area contributed by atoms with E-state index in [2.05, 4.69) is 10.3 Å². The summed E-state index contributed by atoms with van der Waals surface area (Å²) >= 11 is 0. The van der Waals surface area contributed by atoms with Gasteiger partial charge in [0.2, 0.25) is 0 Å². The Morgan fingerprint density at radius 1 is 1.50 bits per heavy atom. The Bertz CT molecular complexity index is 616. The third-order valence-corrected chi connectivity index (χ3v) is 2.63. The van der Waals surface area contributed by atoms with Crippen LogP contribution < -0.4 is 11.1 Å². The molecule has 4 N–H and O–H groups in total. The molecule has 0 fully saturated rings. The normalized spacial score (nSPS) is 12.3. The lowest BCUT2D eigenvalue weighted by molar-refractivity contribution is -0.137. The smallest absolute Gasteiger partial charge is 0.325 e. The zero-order chi connectivity index (χ0) is 13.3. The summed E-state index contributed by atoms with van der Waals surface area (Å²) in [5, 5.41) is 12.2. The molecule has 0 aliphatic heterocycles. The predicted molar refractivity (Wildman–Crippen MR) is 66.8 cm³/mol. The second kappa shape index (κ2) is 4.48. The first-order valence-electron chi connectivity index (χ1n) is 5.32. The van der Waals surface area contributed by atoms with Crippen molar-refractivity contribution in [3.8, 4) is 0 Å². The van der Waals surface area contributed by atoms with Crippen LogP contribution in [0.3, 0.4) is 0 Å². The number of nitrogens with two attached hydrogens (primary N) is 1. The molecule has 1 aromatic carbocycles. The average Bonchev–Trinajstić information content (AvgIpc) is 2.34. The van der Waals surface area contributed by atoms with Crippen molar-refractivity contribution < 1.29 is 14.3 Å². The summed E-state index contributed by atoms with van der Waals surface area (Å²) in [4.78, 5) is 14.7. The van der Waals surface area contributed by atoms with Gasteiger partial charge in [-0.05, 0) is 25.1 Å². The number of fused-ring (bicyclic) bond motifs is 1. The molecular formula is C12H12FN3O2. The van der Waals surface area contributed by atoms with Gasteiger partial charge < -0.3 is 16.2 Å². The number of aromatic nitrogens is 1. The van der Waals surface area contributed by atoms with Crippen molar-refractivity contribution in [2.75, 3.05) is 11.1 Å². The molecule has 0 spiro atoms. The summed E-state index contributed by atoms with van der Waals surface area (Å²) in [5.41, 5.74) is 6.16. The number of aliphatic carboxylic acids is 1. The molecule has 0 radical (unpaired) electrons. The van der Waals surface area contributed by atoms with Gasteiger partial charge in [0.05, 0.1) is 5.39 Å². The highest BCUT2D eigenvalue weighted by Gasteiger charge is 2.15. The van der Waals surface area contributed by atoms with Crippen LogP contribution in [-0.4, -0.2) is 22.1 Å². The van der Waals surface area contributed by atoms with Crippen LogP contribution in [0, 0.1) is 5.82 Å². The van der Waals surface area contributed by atoms with E-state index in [0.29, 0.717) is 11.1 Å². The summed E-state index contributed by atoms with van der Waals surface area (Å²) in [6.07, 6.45) is 1.45. The molecule has 0 bridgehead atoms. The topological polar surface area (TPSA) is 88.2 Å². The van der Waals surface area contributed by atoms with Crippen LogP contribution in [-0.2, 0) is 4.79 Å². The highest BCUT2D eigenvalue weighted by atomic mass is 19.1. The molecule has 1 aromatic heterocycles. The van der Waals surface area contributed by atoms with Crippen LogP contribution in [0.4, 0.5) is 15.9 Å². The van der Waals surface area contributed by atoms with Gasteiger partial charge in [0.25, 0.3) is 0 Å². The lowest BCUT2D eigenvalue weighted by Gasteiger charge is -2.13. The minimum atomic E-state index is -1.04. The van der Waals surface area contributed by atoms with Crippen molar-refractivity contribution in [3.05, 3.63) is 30.2 Å². The van der Waals surface area contributed by atoms with Crippen molar-refractivity contribution in [1.29, 1.82) is 0 Å². The average molecular weight is 249 g/mol. The fourth-order valence-corrected chi connectivity index (χ4v) is 1.66. The quantitative estimate of drug-likeness (QED) is 0.722. The molecule has 0 saturated carbocycles. The van der Waals surface area contributed by atoms with E-state index < -0.39 is 17.8 Å². The number of carboxylic acids is 1. The SMILES string of the molecule is CC(Nc1nccc2c(N)ccc(F)c12)C(=O)O. The lowest BCUT2D eigenvalue weighted by Crippen LogP contribution is -2.26. The fraction of sp³-hybridized carbons (Fsp3) is 0.167. The first-order valence-corrected chi connectivity index (χ1v) is 5.32. The maximum atomic E-state index is 13.8. The van der Waals surface area contributed by atoms with Gasteiger partial charge in [-0.2, -0.15) is 0 Å². The van der Waals surface area contributed by atoms with E-state index in [0.717, 1.165) is 0 Å². The zero-order valence-electron chi connectivity index (χ0n) is 9.64. The van der Waals surface area contributed by atoms with Gasteiger partial charge in [-0.3, -0.25) is 4.79 Å². The highest BCUT2D eigenvalue weighted by Crippen LogP contribution is 2.28. The molecule has 6 heteroatoms. The van der Waals surface area contributed by atoms with Crippen LogP contribution in [0.15, 0.2) is 24.4 Å². The van der Waals surface area contributed by atoms with Crippen LogP contribution in [0.2, 0.25) is 0 Å². The van der Waals surface area contributed by atoms with Gasteiger partial charge in [0.1, 0.15) is 17.7 Å². The molecule has 0 aliphatic carbocycles. The molecule has 1 unspecified atom stereocenters. The third kappa shape index (κ3) is 2.04. The number of pyridine rings is 1. The molecule has 0 aliphatic rings. The van der Waals surface area contributed by atoms with E-state index in [4.69, 9.17) is 10.8 Å². The molecule has 1 atom stereocenters. The van der Waals surface area contributed by atoms with Gasteiger partial charge >= 0.3 is 5.97 Å².